The van der Waals surface area contributed by atoms with Gasteiger partial charge in [0, 0.05) is 47.9 Å². The molecule has 38 heavy (non-hydrogen) atoms. The van der Waals surface area contributed by atoms with E-state index in [9.17, 15) is 9.59 Å². The normalized spacial score (nSPS) is 25.5. The van der Waals surface area contributed by atoms with Gasteiger partial charge in [0.15, 0.2) is 0 Å². The molecule has 2 saturated heterocycles. The van der Waals surface area contributed by atoms with Crippen LogP contribution in [0.5, 0.6) is 0 Å². The summed E-state index contributed by atoms with van der Waals surface area (Å²) < 4.78 is 13.9. The molecule has 0 aliphatic carbocycles. The van der Waals surface area contributed by atoms with Crippen molar-refractivity contribution < 1.29 is 9.47 Å². The topological polar surface area (TPSA) is 238 Å². The third kappa shape index (κ3) is 6.61. The Morgan fingerprint density at radius 3 is 1.61 bits per heavy atom. The van der Waals surface area contributed by atoms with Gasteiger partial charge in [-0.15, -0.1) is 24.7 Å². The molecule has 0 aromatic carbocycles. The predicted molar refractivity (Wildman–Crippen MR) is 136 cm³/mol. The largest absolute Gasteiger partial charge is 0.383 e. The summed E-state index contributed by atoms with van der Waals surface area (Å²) >= 11 is 0. The van der Waals surface area contributed by atoms with Crippen molar-refractivity contribution in [1.29, 1.82) is 0 Å². The third-order valence-electron chi connectivity index (χ3n) is 5.77. The Balaban J connectivity index is 0.000000211. The molecule has 0 spiro atoms. The van der Waals surface area contributed by atoms with E-state index in [1.807, 2.05) is 0 Å². The summed E-state index contributed by atoms with van der Waals surface area (Å²) in [6, 6.07) is 2.22. The van der Waals surface area contributed by atoms with Gasteiger partial charge in [0.25, 0.3) is 0 Å². The zero-order chi connectivity index (χ0) is 27.7. The molecule has 0 amide bonds. The maximum absolute atomic E-state index is 11.7. The molecule has 4 N–H and O–H groups in total. The van der Waals surface area contributed by atoms with Crippen molar-refractivity contribution in [3.8, 4) is 24.7 Å². The highest BCUT2D eigenvalue weighted by Crippen LogP contribution is 2.32. The number of rotatable bonds is 6. The molecule has 2 aromatic heterocycles. The van der Waals surface area contributed by atoms with Crippen molar-refractivity contribution >= 4 is 11.6 Å². The Kier molecular flexibility index (Phi) is 9.31. The van der Waals surface area contributed by atoms with Crippen molar-refractivity contribution in [2.75, 3.05) is 11.5 Å². The quantitative estimate of drug-likeness (QED) is 0.245. The minimum atomic E-state index is -0.547. The van der Waals surface area contributed by atoms with Gasteiger partial charge in [-0.05, 0) is 23.2 Å². The second kappa shape index (κ2) is 12.8. The Hall–Kier alpha value is -4.98. The third-order valence-corrected chi connectivity index (χ3v) is 5.77. The average molecular weight is 521 g/mol. The van der Waals surface area contributed by atoms with Crippen LogP contribution in [0.25, 0.3) is 20.9 Å². The fraction of sp³-hybridized carbons (Fsp3) is 0.455. The number of hydrogen-bond donors (Lipinski definition) is 2. The van der Waals surface area contributed by atoms with Gasteiger partial charge in [0.05, 0.1) is 24.3 Å². The lowest BCUT2D eigenvalue weighted by molar-refractivity contribution is -0.000176. The number of nitrogens with two attached hydrogens (primary N) is 2. The van der Waals surface area contributed by atoms with Gasteiger partial charge in [0.2, 0.25) is 0 Å². The van der Waals surface area contributed by atoms with E-state index in [1.165, 1.54) is 33.7 Å². The number of ether oxygens (including phenoxy) is 2. The summed E-state index contributed by atoms with van der Waals surface area (Å²) in [7, 11) is 0. The Bertz CT molecular complexity index is 1330. The Labute approximate surface area is 215 Å². The molecule has 0 bridgehead atoms. The van der Waals surface area contributed by atoms with Crippen LogP contribution in [0.4, 0.5) is 11.6 Å². The van der Waals surface area contributed by atoms with E-state index < -0.39 is 48.1 Å². The molecule has 2 aliphatic rings. The number of hydrogen-bond acceptors (Lipinski definition) is 10. The summed E-state index contributed by atoms with van der Waals surface area (Å²) in [5, 5.41) is 7.29. The molecule has 2 fully saturated rings. The average Bonchev–Trinajstić information content (AvgIpc) is 3.44. The molecule has 16 heteroatoms. The summed E-state index contributed by atoms with van der Waals surface area (Å²) in [5.41, 5.74) is 26.8. The van der Waals surface area contributed by atoms with Crippen LogP contribution in [0.1, 0.15) is 38.1 Å². The van der Waals surface area contributed by atoms with Gasteiger partial charge in [-0.3, -0.25) is 9.13 Å². The van der Waals surface area contributed by atoms with Crippen molar-refractivity contribution in [3.05, 3.63) is 66.4 Å². The van der Waals surface area contributed by atoms with Crippen LogP contribution >= 0.6 is 0 Å². The maximum Gasteiger partial charge on any atom is 0.351 e. The van der Waals surface area contributed by atoms with Crippen LogP contribution in [0, 0.1) is 24.7 Å². The highest BCUT2D eigenvalue weighted by atomic mass is 16.5. The van der Waals surface area contributed by atoms with Crippen LogP contribution in [0.2, 0.25) is 0 Å². The van der Waals surface area contributed by atoms with Gasteiger partial charge in [-0.25, -0.2) is 9.59 Å². The number of anilines is 2. The van der Waals surface area contributed by atoms with Crippen molar-refractivity contribution in [1.82, 2.24) is 19.1 Å². The minimum Gasteiger partial charge on any atom is -0.383 e. The molecule has 2 aliphatic heterocycles. The number of nitrogens with zero attached hydrogens (tertiary/aromatic N) is 10. The van der Waals surface area contributed by atoms with Crippen LogP contribution in [0.15, 0.2) is 44.3 Å². The highest BCUT2D eigenvalue weighted by molar-refractivity contribution is 5.24. The van der Waals surface area contributed by atoms with E-state index >= 15 is 0 Å². The number of azide groups is 2. The smallest absolute Gasteiger partial charge is 0.351 e. The lowest BCUT2D eigenvalue weighted by Crippen LogP contribution is -2.27. The molecular weight excluding hydrogens is 496 g/mol. The SMILES string of the molecule is C#CC[C@H]1O[C@@H](n2ccc(N)nc2=O)C[C@@H]1N=[N+]=[N-].C#CC[C@H]1O[C@@H](n2ccc(N)nc2=O)C[C@@H]1N=[N+]=[N-]. The number of nitrogen functional groups attached to an aromatic ring is 2. The summed E-state index contributed by atoms with van der Waals surface area (Å²) in [4.78, 5) is 36.2. The lowest BCUT2D eigenvalue weighted by atomic mass is 10.1. The molecule has 0 saturated carbocycles. The van der Waals surface area contributed by atoms with E-state index in [-0.39, 0.29) is 11.6 Å². The summed E-state index contributed by atoms with van der Waals surface area (Å²) in [6.07, 6.45) is 13.0. The lowest BCUT2D eigenvalue weighted by Gasteiger charge is -2.14. The van der Waals surface area contributed by atoms with Crippen LogP contribution in [0.3, 0.4) is 0 Å². The van der Waals surface area contributed by atoms with Crippen LogP contribution in [-0.4, -0.2) is 43.4 Å². The van der Waals surface area contributed by atoms with Crippen molar-refractivity contribution in [2.45, 2.75) is 62.4 Å². The van der Waals surface area contributed by atoms with Crippen molar-refractivity contribution in [2.24, 2.45) is 10.2 Å². The molecule has 16 nitrogen and oxygen atoms in total. The van der Waals surface area contributed by atoms with E-state index in [0.717, 1.165) is 0 Å². The molecule has 0 radical (unpaired) electrons. The second-order valence-corrected chi connectivity index (χ2v) is 8.18. The molecule has 4 rings (SSSR count). The predicted octanol–water partition coefficient (Wildman–Crippen LogP) is 1.63. The van der Waals surface area contributed by atoms with Crippen molar-refractivity contribution in [3.63, 3.8) is 0 Å². The fourth-order valence-electron chi connectivity index (χ4n) is 4.04. The molecule has 6 atom stereocenters. The maximum atomic E-state index is 11.7. The molecule has 4 heterocycles. The zero-order valence-corrected chi connectivity index (χ0v) is 20.0. The number of terminal acetylenes is 2. The van der Waals surface area contributed by atoms with E-state index in [2.05, 4.69) is 41.9 Å². The Morgan fingerprint density at radius 2 is 1.29 bits per heavy atom. The zero-order valence-electron chi connectivity index (χ0n) is 20.0. The monoisotopic (exact) mass is 520 g/mol. The first-order chi connectivity index (χ1) is 18.3. The molecule has 196 valence electrons. The first kappa shape index (κ1) is 27.6. The van der Waals surface area contributed by atoms with Gasteiger partial charge in [-0.1, -0.05) is 10.2 Å². The van der Waals surface area contributed by atoms with Gasteiger partial charge < -0.3 is 20.9 Å². The highest BCUT2D eigenvalue weighted by Gasteiger charge is 2.36. The van der Waals surface area contributed by atoms with E-state index in [0.29, 0.717) is 25.7 Å². The van der Waals surface area contributed by atoms with Gasteiger partial charge in [-0.2, -0.15) is 9.97 Å². The summed E-state index contributed by atoms with van der Waals surface area (Å²) in [5.74, 6) is 5.21. The molecule has 0 unspecified atom stereocenters. The first-order valence-electron chi connectivity index (χ1n) is 11.3. The van der Waals surface area contributed by atoms with E-state index in [1.54, 1.807) is 0 Å². The van der Waals surface area contributed by atoms with Crippen LogP contribution in [-0.2, 0) is 9.47 Å². The fourth-order valence-corrected chi connectivity index (χ4v) is 4.04. The molecular formula is C22H24N12O4. The standard InChI is InChI=1S/2C11H12N6O2/c2*1-2-3-8-7(15-16-13)6-10(19-8)17-5-4-9(12)14-11(17)18/h2*1,4-5,7-8,10H,3,6H2,(H2,12,14,18)/t2*7-,8+,10+/m00/s1. The van der Waals surface area contributed by atoms with E-state index in [4.69, 9.17) is 44.9 Å². The second-order valence-electron chi connectivity index (χ2n) is 8.18. The van der Waals surface area contributed by atoms with Crippen LogP contribution < -0.4 is 22.8 Å². The first-order valence-corrected chi connectivity index (χ1v) is 11.3. The summed E-state index contributed by atoms with van der Waals surface area (Å²) in [6.45, 7) is 0. The minimum absolute atomic E-state index is 0.144. The van der Waals surface area contributed by atoms with Gasteiger partial charge >= 0.3 is 11.4 Å². The molecule has 2 aromatic rings. The van der Waals surface area contributed by atoms with Gasteiger partial charge in [0.1, 0.15) is 24.1 Å². The Morgan fingerprint density at radius 1 is 0.895 bits per heavy atom. The number of aromatic nitrogens is 4.